The number of nitrogens with zero attached hydrogens (tertiary/aromatic N) is 2. The van der Waals surface area contributed by atoms with Crippen LogP contribution in [0.1, 0.15) is 25.1 Å². The third kappa shape index (κ3) is 7.70. The van der Waals surface area contributed by atoms with E-state index in [1.165, 1.54) is 4.88 Å². The van der Waals surface area contributed by atoms with E-state index in [0.717, 1.165) is 19.5 Å². The lowest BCUT2D eigenvalue weighted by atomic mass is 10.1. The van der Waals surface area contributed by atoms with Crippen molar-refractivity contribution in [1.29, 1.82) is 0 Å². The molecule has 1 amide bonds. The minimum atomic E-state index is -0.00363. The maximum atomic E-state index is 11.6. The molecule has 0 aliphatic carbocycles. The van der Waals surface area contributed by atoms with Gasteiger partial charge in [0.05, 0.1) is 6.54 Å². The van der Waals surface area contributed by atoms with Gasteiger partial charge in [-0.25, -0.2) is 4.99 Å². The molecule has 0 unspecified atom stereocenters. The third-order valence-corrected chi connectivity index (χ3v) is 3.77. The summed E-state index contributed by atoms with van der Waals surface area (Å²) >= 11 is 1.70. The molecule has 0 saturated heterocycles. The van der Waals surface area contributed by atoms with Crippen molar-refractivity contribution in [2.45, 2.75) is 26.8 Å². The molecular weight excluding hydrogens is 284 g/mol. The maximum Gasteiger partial charge on any atom is 0.243 e. The van der Waals surface area contributed by atoms with E-state index in [1.54, 1.807) is 30.3 Å². The van der Waals surface area contributed by atoms with Gasteiger partial charge in [0.2, 0.25) is 5.91 Å². The molecule has 0 aliphatic rings. The number of hydrogen-bond donors (Lipinski definition) is 2. The van der Waals surface area contributed by atoms with Gasteiger partial charge in [-0.15, -0.1) is 11.3 Å². The number of rotatable bonds is 7. The van der Waals surface area contributed by atoms with Crippen molar-refractivity contribution >= 4 is 23.2 Å². The molecule has 0 saturated carbocycles. The lowest BCUT2D eigenvalue weighted by Gasteiger charge is -2.14. The largest absolute Gasteiger partial charge is 0.356 e. The molecule has 1 heterocycles. The van der Waals surface area contributed by atoms with Crippen LogP contribution in [0.5, 0.6) is 0 Å². The summed E-state index contributed by atoms with van der Waals surface area (Å²) in [5.74, 6) is 1.33. The van der Waals surface area contributed by atoms with Crippen LogP contribution in [0.4, 0.5) is 0 Å². The van der Waals surface area contributed by atoms with Gasteiger partial charge in [-0.1, -0.05) is 19.9 Å². The highest BCUT2D eigenvalue weighted by molar-refractivity contribution is 7.09. The first kappa shape index (κ1) is 17.5. The summed E-state index contributed by atoms with van der Waals surface area (Å²) in [5, 5.41) is 8.60. The summed E-state index contributed by atoms with van der Waals surface area (Å²) in [4.78, 5) is 18.8. The molecule has 0 bridgehead atoms. The molecule has 21 heavy (non-hydrogen) atoms. The van der Waals surface area contributed by atoms with Gasteiger partial charge < -0.3 is 15.5 Å². The van der Waals surface area contributed by atoms with Crippen LogP contribution < -0.4 is 10.6 Å². The van der Waals surface area contributed by atoms with Crippen molar-refractivity contribution in [3.8, 4) is 0 Å². The molecule has 1 aromatic rings. The first-order valence-corrected chi connectivity index (χ1v) is 8.11. The maximum absolute atomic E-state index is 11.6. The van der Waals surface area contributed by atoms with Gasteiger partial charge in [0.15, 0.2) is 5.96 Å². The molecule has 0 radical (unpaired) electrons. The number of likely N-dealkylation sites (N-methyl/N-ethyl adjacent to an activating group) is 1. The number of hydrogen-bond acceptors (Lipinski definition) is 3. The fourth-order valence-corrected chi connectivity index (χ4v) is 2.17. The summed E-state index contributed by atoms with van der Waals surface area (Å²) in [5.41, 5.74) is 0. The fraction of sp³-hybridized carbons (Fsp3) is 0.600. The Labute approximate surface area is 131 Å². The Morgan fingerprint density at radius 1 is 1.38 bits per heavy atom. The highest BCUT2D eigenvalue weighted by atomic mass is 32.1. The van der Waals surface area contributed by atoms with Crippen molar-refractivity contribution in [2.24, 2.45) is 10.9 Å². The summed E-state index contributed by atoms with van der Waals surface area (Å²) in [6.07, 6.45) is 1.07. The minimum Gasteiger partial charge on any atom is -0.356 e. The second kappa shape index (κ2) is 9.39. The monoisotopic (exact) mass is 310 g/mol. The Bertz CT molecular complexity index is 441. The van der Waals surface area contributed by atoms with Gasteiger partial charge in [-0.05, 0) is 23.8 Å². The zero-order valence-corrected chi connectivity index (χ0v) is 14.2. The Kier molecular flexibility index (Phi) is 7.82. The summed E-state index contributed by atoms with van der Waals surface area (Å²) in [6.45, 7) is 6.11. The second-order valence-electron chi connectivity index (χ2n) is 5.50. The van der Waals surface area contributed by atoms with Crippen LogP contribution in [0, 0.1) is 5.92 Å². The number of carbonyl (C=O) groups excluding carboxylic acids is 1. The van der Waals surface area contributed by atoms with Gasteiger partial charge >= 0.3 is 0 Å². The molecule has 1 rings (SSSR count). The van der Waals surface area contributed by atoms with E-state index >= 15 is 0 Å². The topological polar surface area (TPSA) is 56.7 Å². The Morgan fingerprint density at radius 3 is 2.71 bits per heavy atom. The van der Waals surface area contributed by atoms with Crippen LogP contribution >= 0.6 is 11.3 Å². The predicted octanol–water partition coefficient (Wildman–Crippen LogP) is 1.92. The summed E-state index contributed by atoms with van der Waals surface area (Å²) < 4.78 is 0. The smallest absolute Gasteiger partial charge is 0.243 e. The SMILES string of the molecule is CC(C)CCNC(=NCC(=O)N(C)C)NCc1cccs1. The molecule has 0 spiro atoms. The summed E-state index contributed by atoms with van der Waals surface area (Å²) in [6, 6.07) is 4.11. The Morgan fingerprint density at radius 2 is 2.14 bits per heavy atom. The molecule has 0 fully saturated rings. The van der Waals surface area contributed by atoms with Gasteiger partial charge in [-0.2, -0.15) is 0 Å². The number of guanidine groups is 1. The molecule has 6 heteroatoms. The summed E-state index contributed by atoms with van der Waals surface area (Å²) in [7, 11) is 3.48. The zero-order valence-electron chi connectivity index (χ0n) is 13.3. The average molecular weight is 310 g/mol. The van der Waals surface area contributed by atoms with E-state index in [-0.39, 0.29) is 12.5 Å². The van der Waals surface area contributed by atoms with Crippen molar-refractivity contribution in [1.82, 2.24) is 15.5 Å². The highest BCUT2D eigenvalue weighted by Gasteiger charge is 2.05. The molecule has 5 nitrogen and oxygen atoms in total. The zero-order chi connectivity index (χ0) is 15.7. The van der Waals surface area contributed by atoms with E-state index in [4.69, 9.17) is 0 Å². The standard InChI is InChI=1S/C15H26N4OS/c1-12(2)7-8-16-15(18-11-14(20)19(3)4)17-10-13-6-5-9-21-13/h5-6,9,12H,7-8,10-11H2,1-4H3,(H2,16,17,18). The molecule has 1 aromatic heterocycles. The lowest BCUT2D eigenvalue weighted by molar-refractivity contribution is -0.127. The van der Waals surface area contributed by atoms with Crippen molar-refractivity contribution < 1.29 is 4.79 Å². The first-order valence-electron chi connectivity index (χ1n) is 7.23. The minimum absolute atomic E-state index is 0.00363. The molecule has 0 atom stereocenters. The third-order valence-electron chi connectivity index (χ3n) is 2.90. The van der Waals surface area contributed by atoms with Crippen LogP contribution in [0.3, 0.4) is 0 Å². The Balaban J connectivity index is 2.51. The molecule has 118 valence electrons. The van der Waals surface area contributed by atoms with Crippen LogP contribution in [-0.4, -0.2) is 44.0 Å². The van der Waals surface area contributed by atoms with Gasteiger partial charge in [0.25, 0.3) is 0 Å². The van der Waals surface area contributed by atoms with E-state index < -0.39 is 0 Å². The van der Waals surface area contributed by atoms with Crippen molar-refractivity contribution in [3.05, 3.63) is 22.4 Å². The predicted molar refractivity (Wildman–Crippen MR) is 89.6 cm³/mol. The lowest BCUT2D eigenvalue weighted by Crippen LogP contribution is -2.38. The average Bonchev–Trinajstić information content (AvgIpc) is 2.93. The van der Waals surface area contributed by atoms with E-state index in [2.05, 4.69) is 40.9 Å². The number of carbonyl (C=O) groups is 1. The highest BCUT2D eigenvalue weighted by Crippen LogP contribution is 2.07. The normalized spacial score (nSPS) is 11.6. The van der Waals surface area contributed by atoms with Crippen molar-refractivity contribution in [2.75, 3.05) is 27.2 Å². The van der Waals surface area contributed by atoms with Crippen LogP contribution in [-0.2, 0) is 11.3 Å². The van der Waals surface area contributed by atoms with E-state index in [9.17, 15) is 4.79 Å². The van der Waals surface area contributed by atoms with Gasteiger partial charge in [-0.3, -0.25) is 4.79 Å². The quantitative estimate of drug-likeness (QED) is 0.597. The van der Waals surface area contributed by atoms with Crippen LogP contribution in [0.2, 0.25) is 0 Å². The number of nitrogens with one attached hydrogen (secondary N) is 2. The van der Waals surface area contributed by atoms with E-state index in [0.29, 0.717) is 11.9 Å². The number of amides is 1. The van der Waals surface area contributed by atoms with E-state index in [1.807, 2.05) is 6.07 Å². The first-order chi connectivity index (χ1) is 9.99. The molecule has 0 aliphatic heterocycles. The van der Waals surface area contributed by atoms with Gasteiger partial charge in [0, 0.05) is 25.5 Å². The Hall–Kier alpha value is -1.56. The number of aliphatic imine (C=N–C) groups is 1. The van der Waals surface area contributed by atoms with Crippen molar-refractivity contribution in [3.63, 3.8) is 0 Å². The van der Waals surface area contributed by atoms with Crippen LogP contribution in [0.15, 0.2) is 22.5 Å². The second-order valence-corrected chi connectivity index (χ2v) is 6.53. The van der Waals surface area contributed by atoms with Gasteiger partial charge in [0.1, 0.15) is 6.54 Å². The molecule has 0 aromatic carbocycles. The molecule has 2 N–H and O–H groups in total. The molecular formula is C15H26N4OS. The number of thiophene rings is 1. The van der Waals surface area contributed by atoms with Crippen LogP contribution in [0.25, 0.3) is 0 Å². The fourth-order valence-electron chi connectivity index (χ4n) is 1.53.